The number of methoxy groups -OCH3 is 1. The highest BCUT2D eigenvalue weighted by Gasteiger charge is 2.39. The summed E-state index contributed by atoms with van der Waals surface area (Å²) in [6.07, 6.45) is 2.03. The number of nitrogens with one attached hydrogen (secondary N) is 2. The summed E-state index contributed by atoms with van der Waals surface area (Å²) in [6, 6.07) is 17.6. The predicted octanol–water partition coefficient (Wildman–Crippen LogP) is 4.64. The van der Waals surface area contributed by atoms with Crippen molar-refractivity contribution in [2.75, 3.05) is 12.4 Å². The van der Waals surface area contributed by atoms with E-state index in [-0.39, 0.29) is 11.3 Å². The van der Waals surface area contributed by atoms with Crippen LogP contribution in [0.15, 0.2) is 75.8 Å². The number of Topliss-reactive ketones (excluding diaryl/α,β-unsaturated/α-hetero) is 1. The maximum absolute atomic E-state index is 13.3. The molecule has 2 aromatic carbocycles. The summed E-state index contributed by atoms with van der Waals surface area (Å²) in [4.78, 5) is 34.0. The first-order valence-corrected chi connectivity index (χ1v) is 11.6. The number of nitrogens with zero attached hydrogens (tertiary/aromatic N) is 1. The van der Waals surface area contributed by atoms with Crippen LogP contribution in [0, 0.1) is 0 Å². The zero-order chi connectivity index (χ0) is 22.1. The van der Waals surface area contributed by atoms with Gasteiger partial charge in [-0.3, -0.25) is 9.59 Å². The van der Waals surface area contributed by atoms with Crippen molar-refractivity contribution in [1.29, 1.82) is 0 Å². The Morgan fingerprint density at radius 1 is 1.06 bits per heavy atom. The lowest BCUT2D eigenvalue weighted by Crippen LogP contribution is -2.32. The second kappa shape index (κ2) is 8.67. The van der Waals surface area contributed by atoms with E-state index in [1.54, 1.807) is 7.11 Å². The molecule has 0 spiro atoms. The van der Waals surface area contributed by atoms with Crippen LogP contribution in [0.25, 0.3) is 0 Å². The number of carbonyl (C=O) groups excluding carboxylic acids is 1. The van der Waals surface area contributed by atoms with Crippen molar-refractivity contribution in [3.8, 4) is 5.75 Å². The third kappa shape index (κ3) is 3.73. The number of allylic oxidation sites excluding steroid dienone is 2. The average molecular weight is 446 g/mol. The molecule has 1 aliphatic heterocycles. The van der Waals surface area contributed by atoms with Gasteiger partial charge in [0, 0.05) is 29.0 Å². The average Bonchev–Trinajstić information content (AvgIpc) is 2.82. The van der Waals surface area contributed by atoms with Crippen LogP contribution in [0.2, 0.25) is 0 Å². The van der Waals surface area contributed by atoms with Gasteiger partial charge in [0.1, 0.15) is 11.6 Å². The standard InChI is InChI=1S/C25H23N3O3S/c1-31-19-13-6-5-10-16(19)20-21-17(11-7-12-18(21)29)26-23-22(20)24(30)28-25(27-23)32-14-15-8-3-2-4-9-15/h2-6,8-10,13,20H,7,11-12,14H2,1H3,(H2,26,27,28,30). The Morgan fingerprint density at radius 3 is 2.66 bits per heavy atom. The van der Waals surface area contributed by atoms with E-state index in [0.717, 1.165) is 29.7 Å². The molecule has 5 rings (SSSR count). The maximum Gasteiger partial charge on any atom is 0.257 e. The molecule has 1 aromatic heterocycles. The number of thioether (sulfide) groups is 1. The number of para-hydroxylation sites is 1. The Balaban J connectivity index is 1.60. The number of hydrogen-bond donors (Lipinski definition) is 2. The Bertz CT molecular complexity index is 1270. The molecule has 0 saturated heterocycles. The van der Waals surface area contributed by atoms with Gasteiger partial charge in [-0.15, -0.1) is 0 Å². The molecule has 0 radical (unpaired) electrons. The zero-order valence-electron chi connectivity index (χ0n) is 17.7. The molecule has 1 atom stereocenters. The van der Waals surface area contributed by atoms with Crippen molar-refractivity contribution in [3.63, 3.8) is 0 Å². The van der Waals surface area contributed by atoms with Crippen LogP contribution in [0.5, 0.6) is 5.75 Å². The van der Waals surface area contributed by atoms with Crippen LogP contribution < -0.4 is 15.6 Å². The first-order chi connectivity index (χ1) is 15.7. The number of anilines is 1. The fourth-order valence-corrected chi connectivity index (χ4v) is 5.27. The van der Waals surface area contributed by atoms with Crippen molar-refractivity contribution in [1.82, 2.24) is 9.97 Å². The molecule has 0 fully saturated rings. The Kier molecular flexibility index (Phi) is 5.57. The van der Waals surface area contributed by atoms with Crippen molar-refractivity contribution >= 4 is 23.4 Å². The number of rotatable bonds is 5. The monoisotopic (exact) mass is 445 g/mol. The smallest absolute Gasteiger partial charge is 0.257 e. The zero-order valence-corrected chi connectivity index (χ0v) is 18.5. The van der Waals surface area contributed by atoms with Gasteiger partial charge in [-0.2, -0.15) is 0 Å². The van der Waals surface area contributed by atoms with Crippen LogP contribution in [-0.4, -0.2) is 22.9 Å². The second-order valence-electron chi connectivity index (χ2n) is 7.88. The van der Waals surface area contributed by atoms with E-state index in [0.29, 0.717) is 40.0 Å². The van der Waals surface area contributed by atoms with E-state index in [9.17, 15) is 9.59 Å². The van der Waals surface area contributed by atoms with Crippen molar-refractivity contribution in [2.24, 2.45) is 0 Å². The molecule has 2 aliphatic rings. The number of hydrogen-bond acceptors (Lipinski definition) is 6. The van der Waals surface area contributed by atoms with Crippen molar-refractivity contribution in [3.05, 3.63) is 92.9 Å². The molecule has 1 aliphatic carbocycles. The molecule has 3 aromatic rings. The SMILES string of the molecule is COc1ccccc1C1C2=C(CCCC2=O)Nc2nc(SCc3ccccc3)[nH]c(=O)c21. The molecule has 1 unspecified atom stereocenters. The number of fused-ring (bicyclic) bond motifs is 1. The normalized spacial score (nSPS) is 17.4. The lowest BCUT2D eigenvalue weighted by molar-refractivity contribution is -0.116. The lowest BCUT2D eigenvalue weighted by atomic mass is 9.76. The molecule has 0 amide bonds. The summed E-state index contributed by atoms with van der Waals surface area (Å²) in [5.74, 6) is 1.44. The third-order valence-electron chi connectivity index (χ3n) is 5.90. The van der Waals surface area contributed by atoms with Crippen molar-refractivity contribution < 1.29 is 9.53 Å². The number of H-pyrrole nitrogens is 1. The summed E-state index contributed by atoms with van der Waals surface area (Å²) in [5.41, 5.74) is 3.71. The third-order valence-corrected chi connectivity index (χ3v) is 6.85. The summed E-state index contributed by atoms with van der Waals surface area (Å²) in [6.45, 7) is 0. The molecule has 6 nitrogen and oxygen atoms in total. The molecule has 0 saturated carbocycles. The van der Waals surface area contributed by atoms with E-state index < -0.39 is 5.92 Å². The molecule has 32 heavy (non-hydrogen) atoms. The number of aromatic amines is 1. The van der Waals surface area contributed by atoms with Gasteiger partial charge in [-0.1, -0.05) is 60.3 Å². The van der Waals surface area contributed by atoms with Crippen LogP contribution in [-0.2, 0) is 10.5 Å². The van der Waals surface area contributed by atoms with Gasteiger partial charge in [-0.25, -0.2) is 4.98 Å². The van der Waals surface area contributed by atoms with Gasteiger partial charge >= 0.3 is 0 Å². The van der Waals surface area contributed by atoms with Gasteiger partial charge in [0.25, 0.3) is 5.56 Å². The summed E-state index contributed by atoms with van der Waals surface area (Å²) in [5, 5.41) is 3.87. The van der Waals surface area contributed by atoms with Crippen LogP contribution in [0.4, 0.5) is 5.82 Å². The van der Waals surface area contributed by atoms with E-state index in [4.69, 9.17) is 9.72 Å². The first kappa shape index (κ1) is 20.6. The number of benzene rings is 2. The highest BCUT2D eigenvalue weighted by molar-refractivity contribution is 7.98. The molecule has 0 bridgehead atoms. The minimum Gasteiger partial charge on any atom is -0.496 e. The van der Waals surface area contributed by atoms with Gasteiger partial charge < -0.3 is 15.0 Å². The Labute approximate surface area is 190 Å². The van der Waals surface area contributed by atoms with E-state index in [2.05, 4.69) is 10.3 Å². The summed E-state index contributed by atoms with van der Waals surface area (Å²) in [7, 11) is 1.60. The number of aromatic nitrogens is 2. The van der Waals surface area contributed by atoms with Gasteiger partial charge in [0.05, 0.1) is 18.6 Å². The quantitative estimate of drug-likeness (QED) is 0.440. The Hall–Kier alpha value is -3.32. The van der Waals surface area contributed by atoms with E-state index in [1.807, 2.05) is 54.6 Å². The second-order valence-corrected chi connectivity index (χ2v) is 8.84. The number of carbonyl (C=O) groups is 1. The highest BCUT2D eigenvalue weighted by atomic mass is 32.2. The number of ether oxygens (including phenoxy) is 1. The summed E-state index contributed by atoms with van der Waals surface area (Å²) >= 11 is 1.48. The minimum absolute atomic E-state index is 0.0715. The van der Waals surface area contributed by atoms with Crippen LogP contribution in [0.1, 0.15) is 41.9 Å². The van der Waals surface area contributed by atoms with E-state index in [1.165, 1.54) is 11.8 Å². The molecular weight excluding hydrogens is 422 g/mol. The first-order valence-electron chi connectivity index (χ1n) is 10.6. The molecule has 7 heteroatoms. The maximum atomic E-state index is 13.3. The van der Waals surface area contributed by atoms with Crippen LogP contribution in [0.3, 0.4) is 0 Å². The summed E-state index contributed by atoms with van der Waals surface area (Å²) < 4.78 is 5.59. The van der Waals surface area contributed by atoms with Gasteiger partial charge in [0.15, 0.2) is 10.9 Å². The molecular formula is C25H23N3O3S. The fraction of sp³-hybridized carbons (Fsp3) is 0.240. The number of ketones is 1. The fourth-order valence-electron chi connectivity index (χ4n) is 4.45. The van der Waals surface area contributed by atoms with E-state index >= 15 is 0 Å². The highest BCUT2D eigenvalue weighted by Crippen LogP contribution is 2.45. The minimum atomic E-state index is -0.505. The Morgan fingerprint density at radius 2 is 1.84 bits per heavy atom. The van der Waals surface area contributed by atoms with Gasteiger partial charge in [-0.05, 0) is 24.5 Å². The van der Waals surface area contributed by atoms with Gasteiger partial charge in [0.2, 0.25) is 0 Å². The largest absolute Gasteiger partial charge is 0.496 e. The predicted molar refractivity (Wildman–Crippen MR) is 125 cm³/mol. The molecule has 162 valence electrons. The molecule has 2 heterocycles. The van der Waals surface area contributed by atoms with Crippen molar-refractivity contribution in [2.45, 2.75) is 36.1 Å². The topological polar surface area (TPSA) is 84.1 Å². The molecule has 2 N–H and O–H groups in total. The lowest BCUT2D eigenvalue weighted by Gasteiger charge is -2.33. The van der Waals surface area contributed by atoms with Crippen LogP contribution >= 0.6 is 11.8 Å².